The molecule has 1 fully saturated rings. The van der Waals surface area contributed by atoms with Gasteiger partial charge in [0, 0.05) is 37.0 Å². The van der Waals surface area contributed by atoms with Crippen molar-refractivity contribution >= 4 is 28.4 Å². The molecule has 1 aliphatic heterocycles. The van der Waals surface area contributed by atoms with E-state index in [-0.39, 0.29) is 12.1 Å². The van der Waals surface area contributed by atoms with Crippen molar-refractivity contribution in [1.82, 2.24) is 9.80 Å². The van der Waals surface area contributed by atoms with Crippen molar-refractivity contribution in [1.29, 1.82) is 0 Å². The van der Waals surface area contributed by atoms with Gasteiger partial charge in [-0.3, -0.25) is 9.69 Å². The summed E-state index contributed by atoms with van der Waals surface area (Å²) in [6, 6.07) is 25.1. The topological polar surface area (TPSA) is 49.6 Å². The SMILES string of the molecule is CCCCC1CN(C(=O)c2cccc3ccccc23)CCN1C(N)CCSCc1ccccc1. The van der Waals surface area contributed by atoms with Gasteiger partial charge in [-0.15, -0.1) is 0 Å². The molecule has 4 nitrogen and oxygen atoms in total. The van der Waals surface area contributed by atoms with Gasteiger partial charge in [-0.1, -0.05) is 86.5 Å². The normalized spacial score (nSPS) is 17.7. The largest absolute Gasteiger partial charge is 0.336 e. The number of unbranched alkanes of at least 4 members (excludes halogenated alkanes) is 1. The summed E-state index contributed by atoms with van der Waals surface area (Å²) in [6.45, 7) is 4.56. The van der Waals surface area contributed by atoms with Gasteiger partial charge in [-0.05, 0) is 41.0 Å². The number of carbonyl (C=O) groups is 1. The first-order valence-corrected chi connectivity index (χ1v) is 13.7. The molecule has 34 heavy (non-hydrogen) atoms. The summed E-state index contributed by atoms with van der Waals surface area (Å²) < 4.78 is 0. The Balaban J connectivity index is 1.37. The average molecular weight is 476 g/mol. The summed E-state index contributed by atoms with van der Waals surface area (Å²) in [5.74, 6) is 2.22. The monoisotopic (exact) mass is 475 g/mol. The Morgan fingerprint density at radius 3 is 2.62 bits per heavy atom. The Kier molecular flexibility index (Phi) is 9.03. The van der Waals surface area contributed by atoms with Gasteiger partial charge in [0.25, 0.3) is 5.91 Å². The number of piperazine rings is 1. The van der Waals surface area contributed by atoms with E-state index in [4.69, 9.17) is 5.73 Å². The van der Waals surface area contributed by atoms with E-state index in [1.54, 1.807) is 0 Å². The van der Waals surface area contributed by atoms with E-state index in [2.05, 4.69) is 65.3 Å². The van der Waals surface area contributed by atoms with E-state index in [0.717, 1.165) is 73.2 Å². The quantitative estimate of drug-likeness (QED) is 0.379. The van der Waals surface area contributed by atoms with Gasteiger partial charge in [0.05, 0.1) is 6.17 Å². The number of carbonyl (C=O) groups excluding carboxylic acids is 1. The maximum absolute atomic E-state index is 13.5. The van der Waals surface area contributed by atoms with Crippen LogP contribution in [0.5, 0.6) is 0 Å². The third kappa shape index (κ3) is 6.21. The number of nitrogens with two attached hydrogens (primary N) is 1. The van der Waals surface area contributed by atoms with E-state index in [1.165, 1.54) is 5.56 Å². The molecule has 0 saturated carbocycles. The summed E-state index contributed by atoms with van der Waals surface area (Å²) in [4.78, 5) is 18.0. The second-order valence-corrected chi connectivity index (χ2v) is 10.3. The zero-order valence-corrected chi connectivity index (χ0v) is 21.1. The van der Waals surface area contributed by atoms with Crippen LogP contribution in [0.1, 0.15) is 48.5 Å². The molecule has 1 aliphatic rings. The van der Waals surface area contributed by atoms with Gasteiger partial charge in [0.15, 0.2) is 0 Å². The molecular formula is C29H37N3OS. The predicted molar refractivity (Wildman–Crippen MR) is 145 cm³/mol. The molecule has 2 atom stereocenters. The van der Waals surface area contributed by atoms with Gasteiger partial charge in [-0.2, -0.15) is 11.8 Å². The second-order valence-electron chi connectivity index (χ2n) is 9.21. The molecule has 2 unspecified atom stereocenters. The zero-order valence-electron chi connectivity index (χ0n) is 20.2. The van der Waals surface area contributed by atoms with Crippen molar-refractivity contribution in [2.45, 2.75) is 50.6 Å². The Hall–Kier alpha value is -2.34. The molecule has 0 radical (unpaired) electrons. The Labute approximate surface area is 208 Å². The molecule has 0 aromatic heterocycles. The van der Waals surface area contributed by atoms with Crippen LogP contribution < -0.4 is 5.73 Å². The van der Waals surface area contributed by atoms with Gasteiger partial charge < -0.3 is 10.6 Å². The lowest BCUT2D eigenvalue weighted by Gasteiger charge is -2.44. The summed E-state index contributed by atoms with van der Waals surface area (Å²) in [6.07, 6.45) is 4.41. The van der Waals surface area contributed by atoms with Crippen LogP contribution in [0.25, 0.3) is 10.8 Å². The number of fused-ring (bicyclic) bond motifs is 1. The first kappa shape index (κ1) is 24.8. The number of hydrogen-bond acceptors (Lipinski definition) is 4. The summed E-state index contributed by atoms with van der Waals surface area (Å²) in [7, 11) is 0. The smallest absolute Gasteiger partial charge is 0.254 e. The molecule has 0 spiro atoms. The average Bonchev–Trinajstić information content (AvgIpc) is 2.89. The molecule has 0 aliphatic carbocycles. The number of nitrogens with zero attached hydrogens (tertiary/aromatic N) is 2. The van der Waals surface area contributed by atoms with Crippen molar-refractivity contribution in [2.75, 3.05) is 25.4 Å². The van der Waals surface area contributed by atoms with Crippen LogP contribution in [0.4, 0.5) is 0 Å². The highest BCUT2D eigenvalue weighted by atomic mass is 32.2. The van der Waals surface area contributed by atoms with Crippen molar-refractivity contribution in [2.24, 2.45) is 5.73 Å². The maximum atomic E-state index is 13.5. The van der Waals surface area contributed by atoms with Crippen LogP contribution in [0.2, 0.25) is 0 Å². The van der Waals surface area contributed by atoms with E-state index in [9.17, 15) is 4.79 Å². The zero-order chi connectivity index (χ0) is 23.8. The van der Waals surface area contributed by atoms with Crippen LogP contribution in [-0.4, -0.2) is 53.3 Å². The molecule has 0 bridgehead atoms. The third-order valence-corrected chi connectivity index (χ3v) is 7.88. The minimum Gasteiger partial charge on any atom is -0.336 e. The molecule has 180 valence electrons. The number of amides is 1. The number of benzene rings is 3. The lowest BCUT2D eigenvalue weighted by molar-refractivity contribution is 0.0295. The minimum atomic E-state index is 0.0416. The predicted octanol–water partition coefficient (Wildman–Crippen LogP) is 5.76. The molecule has 1 amide bonds. The highest BCUT2D eigenvalue weighted by molar-refractivity contribution is 7.98. The minimum absolute atomic E-state index is 0.0416. The van der Waals surface area contributed by atoms with Crippen molar-refractivity contribution in [3.05, 3.63) is 83.9 Å². The molecular weight excluding hydrogens is 438 g/mol. The first-order valence-electron chi connectivity index (χ1n) is 12.6. The lowest BCUT2D eigenvalue weighted by atomic mass is 10.0. The van der Waals surface area contributed by atoms with E-state index in [0.29, 0.717) is 6.04 Å². The van der Waals surface area contributed by atoms with E-state index >= 15 is 0 Å². The van der Waals surface area contributed by atoms with Crippen LogP contribution >= 0.6 is 11.8 Å². The van der Waals surface area contributed by atoms with Gasteiger partial charge in [-0.25, -0.2) is 0 Å². The molecule has 3 aromatic rings. The molecule has 1 saturated heterocycles. The number of thioether (sulfide) groups is 1. The molecule has 5 heteroatoms. The summed E-state index contributed by atoms with van der Waals surface area (Å²) in [5, 5.41) is 2.15. The number of hydrogen-bond donors (Lipinski definition) is 1. The van der Waals surface area contributed by atoms with Crippen LogP contribution in [0.3, 0.4) is 0 Å². The summed E-state index contributed by atoms with van der Waals surface area (Å²) in [5.41, 5.74) is 8.88. The molecule has 1 heterocycles. The fourth-order valence-electron chi connectivity index (χ4n) is 4.90. The fraction of sp³-hybridized carbons (Fsp3) is 0.414. The Bertz CT molecular complexity index is 1050. The first-order chi connectivity index (χ1) is 16.7. The second kappa shape index (κ2) is 12.4. The van der Waals surface area contributed by atoms with E-state index in [1.807, 2.05) is 36.0 Å². The lowest BCUT2D eigenvalue weighted by Crippen LogP contribution is -2.60. The Morgan fingerprint density at radius 1 is 1.03 bits per heavy atom. The highest BCUT2D eigenvalue weighted by Crippen LogP contribution is 2.24. The van der Waals surface area contributed by atoms with Crippen molar-refractivity contribution < 1.29 is 4.79 Å². The fourth-order valence-corrected chi connectivity index (χ4v) is 5.88. The molecule has 2 N–H and O–H groups in total. The van der Waals surface area contributed by atoms with Gasteiger partial charge in [0.1, 0.15) is 0 Å². The van der Waals surface area contributed by atoms with Crippen LogP contribution in [0, 0.1) is 0 Å². The summed E-state index contributed by atoms with van der Waals surface area (Å²) >= 11 is 1.95. The third-order valence-electron chi connectivity index (χ3n) is 6.82. The van der Waals surface area contributed by atoms with E-state index < -0.39 is 0 Å². The highest BCUT2D eigenvalue weighted by Gasteiger charge is 2.32. The molecule has 3 aromatic carbocycles. The van der Waals surface area contributed by atoms with Crippen LogP contribution in [-0.2, 0) is 5.75 Å². The molecule has 4 rings (SSSR count). The van der Waals surface area contributed by atoms with Crippen LogP contribution in [0.15, 0.2) is 72.8 Å². The maximum Gasteiger partial charge on any atom is 0.254 e. The van der Waals surface area contributed by atoms with Gasteiger partial charge in [0.2, 0.25) is 0 Å². The Morgan fingerprint density at radius 2 is 1.79 bits per heavy atom. The van der Waals surface area contributed by atoms with Gasteiger partial charge >= 0.3 is 0 Å². The standard InChI is InChI=1S/C29H37N3OS/c1-2-3-14-25-21-31(29(33)27-16-9-13-24-12-7-8-15-26(24)27)18-19-32(25)28(30)17-20-34-22-23-10-5-4-6-11-23/h4-13,15-16,25,28H,2-3,14,17-22,30H2,1H3. The van der Waals surface area contributed by atoms with Crippen molar-refractivity contribution in [3.63, 3.8) is 0 Å². The van der Waals surface area contributed by atoms with Crippen molar-refractivity contribution in [3.8, 4) is 0 Å². The number of rotatable bonds is 10.